The fourth-order valence-corrected chi connectivity index (χ4v) is 1.53. The van der Waals surface area contributed by atoms with Crippen LogP contribution < -0.4 is 5.73 Å². The lowest BCUT2D eigenvalue weighted by Crippen LogP contribution is -2.34. The molecule has 0 heterocycles. The number of anilines is 1. The molecule has 1 atom stereocenters. The van der Waals surface area contributed by atoms with Crippen LogP contribution in [0.15, 0.2) is 18.2 Å². The van der Waals surface area contributed by atoms with Crippen molar-refractivity contribution in [2.45, 2.75) is 13.0 Å². The summed E-state index contributed by atoms with van der Waals surface area (Å²) < 4.78 is 5.03. The van der Waals surface area contributed by atoms with E-state index >= 15 is 0 Å². The molecule has 2 N–H and O–H groups in total. The van der Waals surface area contributed by atoms with Gasteiger partial charge in [-0.05, 0) is 25.1 Å². The van der Waals surface area contributed by atoms with Crippen molar-refractivity contribution in [2.75, 3.05) is 19.8 Å². The minimum Gasteiger partial charge on any atom is -0.449 e. The van der Waals surface area contributed by atoms with Crippen LogP contribution in [0.3, 0.4) is 0 Å². The Balaban J connectivity index is 2.83. The zero-order valence-electron chi connectivity index (χ0n) is 10.4. The van der Waals surface area contributed by atoms with Crippen LogP contribution in [0.5, 0.6) is 0 Å². The smallest absolute Gasteiger partial charge is 0.340 e. The summed E-state index contributed by atoms with van der Waals surface area (Å²) >= 11 is 5.86. The van der Waals surface area contributed by atoms with E-state index in [1.807, 2.05) is 0 Å². The predicted molar refractivity (Wildman–Crippen MR) is 69.4 cm³/mol. The van der Waals surface area contributed by atoms with Crippen LogP contribution in [-0.2, 0) is 9.53 Å². The molecule has 0 aromatic heterocycles. The Morgan fingerprint density at radius 1 is 1.39 bits per heavy atom. The van der Waals surface area contributed by atoms with Crippen molar-refractivity contribution in [3.8, 4) is 0 Å². The summed E-state index contributed by atoms with van der Waals surface area (Å²) in [4.78, 5) is 24.7. The molecule has 1 rings (SSSR count). The number of hydrogen-bond acceptors (Lipinski definition) is 4. The van der Waals surface area contributed by atoms with Gasteiger partial charge in [-0.25, -0.2) is 4.79 Å². The number of carbonyl (C=O) groups is 2. The zero-order chi connectivity index (χ0) is 13.9. The molecule has 0 aliphatic carbocycles. The molecule has 6 heteroatoms. The molecule has 0 fully saturated rings. The fourth-order valence-electron chi connectivity index (χ4n) is 1.34. The first-order valence-electron chi connectivity index (χ1n) is 5.30. The highest BCUT2D eigenvalue weighted by Crippen LogP contribution is 2.20. The van der Waals surface area contributed by atoms with E-state index in [2.05, 4.69) is 0 Å². The summed E-state index contributed by atoms with van der Waals surface area (Å²) in [6.45, 7) is 1.50. The molecular weight excluding hydrogens is 256 g/mol. The van der Waals surface area contributed by atoms with Gasteiger partial charge in [0.15, 0.2) is 6.10 Å². The molecule has 18 heavy (non-hydrogen) atoms. The quantitative estimate of drug-likeness (QED) is 0.668. The summed E-state index contributed by atoms with van der Waals surface area (Å²) in [5.74, 6) is -0.974. The monoisotopic (exact) mass is 270 g/mol. The highest BCUT2D eigenvalue weighted by Gasteiger charge is 2.21. The molecule has 98 valence electrons. The normalized spacial score (nSPS) is 11.8. The summed E-state index contributed by atoms with van der Waals surface area (Å²) in [5, 5.41) is 0.235. The second kappa shape index (κ2) is 5.73. The van der Waals surface area contributed by atoms with Crippen LogP contribution in [0.1, 0.15) is 17.3 Å². The van der Waals surface area contributed by atoms with Gasteiger partial charge in [0.1, 0.15) is 0 Å². The van der Waals surface area contributed by atoms with Crippen molar-refractivity contribution in [1.29, 1.82) is 0 Å². The maximum atomic E-state index is 11.8. The van der Waals surface area contributed by atoms with E-state index in [0.29, 0.717) is 5.69 Å². The van der Waals surface area contributed by atoms with E-state index in [0.717, 1.165) is 0 Å². The molecule has 0 bridgehead atoms. The third-order valence-corrected chi connectivity index (χ3v) is 2.61. The molecule has 0 saturated heterocycles. The van der Waals surface area contributed by atoms with E-state index in [-0.39, 0.29) is 16.5 Å². The SMILES string of the molecule is CC(OC(=O)c1cc(N)ccc1Cl)C(=O)N(C)C. The van der Waals surface area contributed by atoms with E-state index in [1.54, 1.807) is 20.2 Å². The molecule has 1 aromatic rings. The third-order valence-electron chi connectivity index (χ3n) is 2.28. The minimum absolute atomic E-state index is 0.148. The number of nitrogens with zero attached hydrogens (tertiary/aromatic N) is 1. The fraction of sp³-hybridized carbons (Fsp3) is 0.333. The number of esters is 1. The second-order valence-electron chi connectivity index (χ2n) is 4.02. The number of ether oxygens (including phenoxy) is 1. The van der Waals surface area contributed by atoms with Crippen LogP contribution in [-0.4, -0.2) is 37.0 Å². The topological polar surface area (TPSA) is 72.6 Å². The average Bonchev–Trinajstić information content (AvgIpc) is 2.30. The first kappa shape index (κ1) is 14.3. The van der Waals surface area contributed by atoms with Crippen molar-refractivity contribution in [1.82, 2.24) is 4.90 Å². The van der Waals surface area contributed by atoms with Crippen molar-refractivity contribution < 1.29 is 14.3 Å². The summed E-state index contributed by atoms with van der Waals surface area (Å²) in [7, 11) is 3.17. The number of hydrogen-bond donors (Lipinski definition) is 1. The molecule has 0 spiro atoms. The molecule has 1 amide bonds. The van der Waals surface area contributed by atoms with E-state index in [4.69, 9.17) is 22.1 Å². The number of likely N-dealkylation sites (N-methyl/N-ethyl adjacent to an activating group) is 1. The van der Waals surface area contributed by atoms with Gasteiger partial charge in [-0.2, -0.15) is 0 Å². The standard InChI is InChI=1S/C12H15ClN2O3/c1-7(11(16)15(2)3)18-12(17)9-6-8(14)4-5-10(9)13/h4-7H,14H2,1-3H3. The highest BCUT2D eigenvalue weighted by atomic mass is 35.5. The number of amides is 1. The van der Waals surface area contributed by atoms with Crippen molar-refractivity contribution >= 4 is 29.2 Å². The summed E-state index contributed by atoms with van der Waals surface area (Å²) in [6.07, 6.45) is -0.870. The number of carbonyl (C=O) groups excluding carboxylic acids is 2. The van der Waals surface area contributed by atoms with Crippen molar-refractivity contribution in [2.24, 2.45) is 0 Å². The number of nitrogens with two attached hydrogens (primary N) is 1. The van der Waals surface area contributed by atoms with Gasteiger partial charge in [-0.15, -0.1) is 0 Å². The summed E-state index contributed by atoms with van der Waals surface area (Å²) in [5.41, 5.74) is 6.11. The van der Waals surface area contributed by atoms with E-state index in [1.165, 1.54) is 24.0 Å². The number of halogens is 1. The van der Waals surface area contributed by atoms with Crippen LogP contribution in [0.25, 0.3) is 0 Å². The van der Waals surface area contributed by atoms with Gasteiger partial charge in [0.05, 0.1) is 10.6 Å². The van der Waals surface area contributed by atoms with Crippen LogP contribution in [0.2, 0.25) is 5.02 Å². The van der Waals surface area contributed by atoms with Crippen LogP contribution in [0.4, 0.5) is 5.69 Å². The van der Waals surface area contributed by atoms with Gasteiger partial charge in [-0.1, -0.05) is 11.6 Å². The Morgan fingerprint density at radius 3 is 2.56 bits per heavy atom. The predicted octanol–water partition coefficient (Wildman–Crippen LogP) is 1.56. The highest BCUT2D eigenvalue weighted by molar-refractivity contribution is 6.33. The first-order valence-corrected chi connectivity index (χ1v) is 5.68. The lowest BCUT2D eigenvalue weighted by Gasteiger charge is -2.17. The molecule has 1 unspecified atom stereocenters. The van der Waals surface area contributed by atoms with Gasteiger partial charge in [-0.3, -0.25) is 4.79 Å². The summed E-state index contributed by atoms with van der Waals surface area (Å²) in [6, 6.07) is 4.50. The second-order valence-corrected chi connectivity index (χ2v) is 4.43. The van der Waals surface area contributed by atoms with Gasteiger partial charge in [0, 0.05) is 19.8 Å². The first-order chi connectivity index (χ1) is 8.32. The Hall–Kier alpha value is -1.75. The van der Waals surface area contributed by atoms with E-state index < -0.39 is 12.1 Å². The van der Waals surface area contributed by atoms with Crippen molar-refractivity contribution in [3.63, 3.8) is 0 Å². The van der Waals surface area contributed by atoms with Crippen LogP contribution in [0, 0.1) is 0 Å². The Bertz CT molecular complexity index is 474. The number of benzene rings is 1. The van der Waals surface area contributed by atoms with Gasteiger partial charge < -0.3 is 15.4 Å². The van der Waals surface area contributed by atoms with E-state index in [9.17, 15) is 9.59 Å². The maximum Gasteiger partial charge on any atom is 0.340 e. The van der Waals surface area contributed by atoms with Crippen molar-refractivity contribution in [3.05, 3.63) is 28.8 Å². The Labute approximate surface area is 110 Å². The third kappa shape index (κ3) is 3.37. The average molecular weight is 271 g/mol. The lowest BCUT2D eigenvalue weighted by atomic mass is 10.2. The molecule has 1 aromatic carbocycles. The number of rotatable bonds is 3. The van der Waals surface area contributed by atoms with Gasteiger partial charge >= 0.3 is 5.97 Å². The maximum absolute atomic E-state index is 11.8. The Morgan fingerprint density at radius 2 is 2.00 bits per heavy atom. The largest absolute Gasteiger partial charge is 0.449 e. The zero-order valence-corrected chi connectivity index (χ0v) is 11.2. The molecular formula is C12H15ClN2O3. The Kier molecular flexibility index (Phi) is 4.55. The van der Waals surface area contributed by atoms with Gasteiger partial charge in [0.25, 0.3) is 5.91 Å². The molecule has 0 saturated carbocycles. The molecule has 0 radical (unpaired) electrons. The molecule has 0 aliphatic heterocycles. The molecule has 0 aliphatic rings. The minimum atomic E-state index is -0.870. The van der Waals surface area contributed by atoms with Crippen LogP contribution >= 0.6 is 11.6 Å². The lowest BCUT2D eigenvalue weighted by molar-refractivity contribution is -0.137. The molecule has 5 nitrogen and oxygen atoms in total. The number of nitrogen functional groups attached to an aromatic ring is 1. The van der Waals surface area contributed by atoms with Gasteiger partial charge in [0.2, 0.25) is 0 Å².